The van der Waals surface area contributed by atoms with Crippen LogP contribution < -0.4 is 5.32 Å². The number of amides is 1. The van der Waals surface area contributed by atoms with Crippen LogP contribution >= 0.6 is 0 Å². The predicted octanol–water partition coefficient (Wildman–Crippen LogP) is 2.22. The van der Waals surface area contributed by atoms with Gasteiger partial charge in [-0.3, -0.25) is 9.78 Å². The number of carbonyl (C=O) groups is 1. The Kier molecular flexibility index (Phi) is 2.72. The van der Waals surface area contributed by atoms with Crippen LogP contribution in [0.25, 0.3) is 11.0 Å². The molecular formula is C14H12N4O. The lowest BCUT2D eigenvalue weighted by molar-refractivity contribution is 0.102. The van der Waals surface area contributed by atoms with Gasteiger partial charge in [0.25, 0.3) is 5.91 Å². The van der Waals surface area contributed by atoms with Gasteiger partial charge in [-0.25, -0.2) is 4.98 Å². The monoisotopic (exact) mass is 252 g/mol. The lowest BCUT2D eigenvalue weighted by Crippen LogP contribution is -2.12. The maximum atomic E-state index is 12.1. The van der Waals surface area contributed by atoms with Crippen molar-refractivity contribution in [1.29, 1.82) is 0 Å². The number of pyridine rings is 1. The molecule has 1 N–H and O–H groups in total. The van der Waals surface area contributed by atoms with E-state index in [0.29, 0.717) is 11.3 Å². The van der Waals surface area contributed by atoms with E-state index in [1.807, 2.05) is 29.8 Å². The molecule has 0 aliphatic carbocycles. The molecule has 0 radical (unpaired) electrons. The fourth-order valence-corrected chi connectivity index (χ4v) is 1.95. The maximum absolute atomic E-state index is 12.1. The van der Waals surface area contributed by atoms with Crippen LogP contribution in [0.15, 0.2) is 49.1 Å². The second-order valence-corrected chi connectivity index (χ2v) is 4.22. The minimum Gasteiger partial charge on any atom is -0.334 e. The van der Waals surface area contributed by atoms with E-state index in [9.17, 15) is 4.79 Å². The molecule has 0 atom stereocenters. The minimum atomic E-state index is -0.189. The van der Waals surface area contributed by atoms with Gasteiger partial charge in [0.1, 0.15) is 5.52 Å². The third-order valence-electron chi connectivity index (χ3n) is 2.93. The van der Waals surface area contributed by atoms with Crippen LogP contribution in [0, 0.1) is 0 Å². The Morgan fingerprint density at radius 3 is 2.95 bits per heavy atom. The molecule has 0 spiro atoms. The molecule has 1 amide bonds. The Morgan fingerprint density at radius 2 is 2.16 bits per heavy atom. The fourth-order valence-electron chi connectivity index (χ4n) is 1.95. The first-order valence-electron chi connectivity index (χ1n) is 5.87. The van der Waals surface area contributed by atoms with E-state index in [4.69, 9.17) is 0 Å². The summed E-state index contributed by atoms with van der Waals surface area (Å²) in [5, 5.41) is 2.86. The Balaban J connectivity index is 1.96. The van der Waals surface area contributed by atoms with Crippen LogP contribution in [0.5, 0.6) is 0 Å². The molecule has 0 unspecified atom stereocenters. The van der Waals surface area contributed by atoms with Crippen molar-refractivity contribution in [2.24, 2.45) is 7.05 Å². The SMILES string of the molecule is Cn1cnc2c(NC(=O)c3cccnc3)cccc21. The molecule has 0 bridgehead atoms. The van der Waals surface area contributed by atoms with Crippen molar-refractivity contribution >= 4 is 22.6 Å². The molecule has 0 saturated carbocycles. The predicted molar refractivity (Wildman–Crippen MR) is 72.9 cm³/mol. The number of aromatic nitrogens is 3. The molecule has 5 nitrogen and oxygen atoms in total. The Morgan fingerprint density at radius 1 is 1.26 bits per heavy atom. The topological polar surface area (TPSA) is 59.8 Å². The summed E-state index contributed by atoms with van der Waals surface area (Å²) in [6.45, 7) is 0. The molecule has 0 aliphatic heterocycles. The maximum Gasteiger partial charge on any atom is 0.257 e. The standard InChI is InChI=1S/C14H12N4O/c1-18-9-16-13-11(5-2-6-12(13)18)17-14(19)10-4-3-7-15-8-10/h2-9H,1H3,(H,17,19). The van der Waals surface area contributed by atoms with Crippen LogP contribution in [-0.2, 0) is 7.05 Å². The van der Waals surface area contributed by atoms with E-state index in [0.717, 1.165) is 11.0 Å². The fraction of sp³-hybridized carbons (Fsp3) is 0.0714. The lowest BCUT2D eigenvalue weighted by atomic mass is 10.2. The summed E-state index contributed by atoms with van der Waals surface area (Å²) in [4.78, 5) is 20.3. The highest BCUT2D eigenvalue weighted by Gasteiger charge is 2.10. The molecule has 0 fully saturated rings. The minimum absolute atomic E-state index is 0.189. The molecule has 2 aromatic heterocycles. The van der Waals surface area contributed by atoms with Crippen molar-refractivity contribution in [3.63, 3.8) is 0 Å². The number of rotatable bonds is 2. The van der Waals surface area contributed by atoms with Gasteiger partial charge in [-0.15, -0.1) is 0 Å². The molecule has 3 aromatic rings. The molecule has 94 valence electrons. The van der Waals surface area contributed by atoms with Crippen LogP contribution in [0.2, 0.25) is 0 Å². The van der Waals surface area contributed by atoms with Crippen molar-refractivity contribution in [3.8, 4) is 0 Å². The highest BCUT2D eigenvalue weighted by atomic mass is 16.1. The van der Waals surface area contributed by atoms with Gasteiger partial charge in [0.15, 0.2) is 0 Å². The summed E-state index contributed by atoms with van der Waals surface area (Å²) >= 11 is 0. The van der Waals surface area contributed by atoms with E-state index in [2.05, 4.69) is 15.3 Å². The van der Waals surface area contributed by atoms with Gasteiger partial charge >= 0.3 is 0 Å². The average molecular weight is 252 g/mol. The number of nitrogens with zero attached hydrogens (tertiary/aromatic N) is 3. The van der Waals surface area contributed by atoms with Crippen LogP contribution in [0.4, 0.5) is 5.69 Å². The van der Waals surface area contributed by atoms with Crippen LogP contribution in [0.1, 0.15) is 10.4 Å². The summed E-state index contributed by atoms with van der Waals surface area (Å²) in [7, 11) is 1.92. The molecular weight excluding hydrogens is 240 g/mol. The van der Waals surface area contributed by atoms with Crippen molar-refractivity contribution in [2.75, 3.05) is 5.32 Å². The summed E-state index contributed by atoms with van der Waals surface area (Å²) in [6, 6.07) is 9.14. The number of hydrogen-bond acceptors (Lipinski definition) is 3. The van der Waals surface area contributed by atoms with Crippen molar-refractivity contribution < 1.29 is 4.79 Å². The van der Waals surface area contributed by atoms with Gasteiger partial charge in [0, 0.05) is 19.4 Å². The first-order valence-corrected chi connectivity index (χ1v) is 5.87. The quantitative estimate of drug-likeness (QED) is 0.760. The largest absolute Gasteiger partial charge is 0.334 e. The third kappa shape index (κ3) is 2.06. The normalized spacial score (nSPS) is 10.6. The highest BCUT2D eigenvalue weighted by Crippen LogP contribution is 2.21. The second-order valence-electron chi connectivity index (χ2n) is 4.22. The number of aryl methyl sites for hydroxylation is 1. The summed E-state index contributed by atoms with van der Waals surface area (Å²) < 4.78 is 1.91. The van der Waals surface area contributed by atoms with E-state index in [1.165, 1.54) is 6.20 Å². The highest BCUT2D eigenvalue weighted by molar-refractivity contribution is 6.07. The number of hydrogen-bond donors (Lipinski definition) is 1. The van der Waals surface area contributed by atoms with E-state index < -0.39 is 0 Å². The number of imidazole rings is 1. The summed E-state index contributed by atoms with van der Waals surface area (Å²) in [5.74, 6) is -0.189. The number of para-hydroxylation sites is 1. The Hall–Kier alpha value is -2.69. The van der Waals surface area contributed by atoms with Crippen molar-refractivity contribution in [3.05, 3.63) is 54.6 Å². The molecule has 0 saturated heterocycles. The number of benzene rings is 1. The van der Waals surface area contributed by atoms with Crippen molar-refractivity contribution in [2.45, 2.75) is 0 Å². The van der Waals surface area contributed by atoms with Gasteiger partial charge in [-0.05, 0) is 24.3 Å². The zero-order chi connectivity index (χ0) is 13.2. The molecule has 19 heavy (non-hydrogen) atoms. The summed E-state index contributed by atoms with van der Waals surface area (Å²) in [5.41, 5.74) is 2.98. The first-order chi connectivity index (χ1) is 9.25. The van der Waals surface area contributed by atoms with E-state index in [1.54, 1.807) is 24.7 Å². The Labute approximate surface area is 109 Å². The lowest BCUT2D eigenvalue weighted by Gasteiger charge is -2.05. The Bertz CT molecular complexity index is 734. The number of carbonyl (C=O) groups excluding carboxylic acids is 1. The first kappa shape index (κ1) is 11.4. The molecule has 0 aliphatic rings. The second kappa shape index (κ2) is 4.53. The van der Waals surface area contributed by atoms with Crippen molar-refractivity contribution in [1.82, 2.24) is 14.5 Å². The van der Waals surface area contributed by atoms with Crippen LogP contribution in [-0.4, -0.2) is 20.4 Å². The number of fused-ring (bicyclic) bond motifs is 1. The average Bonchev–Trinajstić information content (AvgIpc) is 2.83. The number of nitrogens with one attached hydrogen (secondary N) is 1. The molecule has 5 heteroatoms. The smallest absolute Gasteiger partial charge is 0.257 e. The van der Waals surface area contributed by atoms with Gasteiger partial charge in [0.2, 0.25) is 0 Å². The van der Waals surface area contributed by atoms with E-state index >= 15 is 0 Å². The summed E-state index contributed by atoms with van der Waals surface area (Å²) in [6.07, 6.45) is 4.90. The molecule has 1 aromatic carbocycles. The zero-order valence-corrected chi connectivity index (χ0v) is 10.4. The van der Waals surface area contributed by atoms with Crippen LogP contribution in [0.3, 0.4) is 0 Å². The molecule has 2 heterocycles. The third-order valence-corrected chi connectivity index (χ3v) is 2.93. The van der Waals surface area contributed by atoms with E-state index in [-0.39, 0.29) is 5.91 Å². The molecule has 3 rings (SSSR count). The van der Waals surface area contributed by atoms with Gasteiger partial charge in [-0.1, -0.05) is 6.07 Å². The van der Waals surface area contributed by atoms with Gasteiger partial charge in [-0.2, -0.15) is 0 Å². The van der Waals surface area contributed by atoms with Gasteiger partial charge < -0.3 is 9.88 Å². The number of anilines is 1. The zero-order valence-electron chi connectivity index (χ0n) is 10.4. The van der Waals surface area contributed by atoms with Gasteiger partial charge in [0.05, 0.1) is 23.1 Å².